The molecule has 2 atom stereocenters. The number of unbranched alkanes of at least 4 members (excludes halogenated alkanes) is 9. The van der Waals surface area contributed by atoms with E-state index in [4.69, 9.17) is 10.4 Å². The van der Waals surface area contributed by atoms with Gasteiger partial charge in [-0.3, -0.25) is 10.1 Å². The lowest BCUT2D eigenvalue weighted by atomic mass is 9.99. The van der Waals surface area contributed by atoms with Crippen LogP contribution in [0.4, 0.5) is 0 Å². The molecule has 0 saturated heterocycles. The lowest BCUT2D eigenvalue weighted by Gasteiger charge is -2.19. The summed E-state index contributed by atoms with van der Waals surface area (Å²) in [6.45, 7) is 2.19. The summed E-state index contributed by atoms with van der Waals surface area (Å²) in [5.41, 5.74) is 0. The van der Waals surface area contributed by atoms with Gasteiger partial charge in [0, 0.05) is 6.42 Å². The standard InChI is InChI=1S/C18H36O5/c1-2-3-4-5-7-10-13-16(19)17(23-22)14-11-8-6-9-12-15-18(20)21/h16-17,19,22H,2-15H2,1H3,(H,20,21). The number of rotatable bonds is 17. The molecule has 0 amide bonds. The van der Waals surface area contributed by atoms with E-state index in [0.29, 0.717) is 12.8 Å². The highest BCUT2D eigenvalue weighted by Gasteiger charge is 2.19. The number of aliphatic hydroxyl groups excluding tert-OH is 1. The second-order valence-corrected chi connectivity index (χ2v) is 6.47. The van der Waals surface area contributed by atoms with Crippen LogP contribution in [-0.4, -0.2) is 33.6 Å². The molecule has 0 heterocycles. The molecule has 3 N–H and O–H groups in total. The Bertz CT molecular complexity index is 270. The Balaban J connectivity index is 3.57. The fourth-order valence-corrected chi connectivity index (χ4v) is 2.79. The van der Waals surface area contributed by atoms with Crippen molar-refractivity contribution in [1.82, 2.24) is 0 Å². The highest BCUT2D eigenvalue weighted by atomic mass is 17.1. The number of hydrogen-bond donors (Lipinski definition) is 3. The van der Waals surface area contributed by atoms with E-state index in [2.05, 4.69) is 11.8 Å². The molecule has 138 valence electrons. The van der Waals surface area contributed by atoms with E-state index in [-0.39, 0.29) is 6.42 Å². The van der Waals surface area contributed by atoms with Gasteiger partial charge in [-0.15, -0.1) is 0 Å². The first-order chi connectivity index (χ1) is 11.1. The molecule has 5 heteroatoms. The van der Waals surface area contributed by atoms with Crippen LogP contribution >= 0.6 is 0 Å². The number of carboxylic acid groups (broad SMARTS) is 1. The molecule has 0 rings (SSSR count). The minimum absolute atomic E-state index is 0.235. The fraction of sp³-hybridized carbons (Fsp3) is 0.944. The van der Waals surface area contributed by atoms with Crippen LogP contribution in [0.2, 0.25) is 0 Å². The molecule has 0 aromatic rings. The third-order valence-electron chi connectivity index (χ3n) is 4.30. The van der Waals surface area contributed by atoms with Crippen molar-refractivity contribution in [2.24, 2.45) is 0 Å². The van der Waals surface area contributed by atoms with E-state index in [9.17, 15) is 9.90 Å². The second kappa shape index (κ2) is 16.2. The summed E-state index contributed by atoms with van der Waals surface area (Å²) in [6.07, 6.45) is 12.0. The third-order valence-corrected chi connectivity index (χ3v) is 4.30. The van der Waals surface area contributed by atoms with Gasteiger partial charge in [0.05, 0.1) is 6.10 Å². The van der Waals surface area contributed by atoms with Crippen LogP contribution in [0.5, 0.6) is 0 Å². The normalized spacial score (nSPS) is 13.9. The van der Waals surface area contributed by atoms with Gasteiger partial charge in [0.2, 0.25) is 0 Å². The first-order valence-corrected chi connectivity index (χ1v) is 9.31. The molecule has 5 nitrogen and oxygen atoms in total. The van der Waals surface area contributed by atoms with Crippen molar-refractivity contribution in [3.8, 4) is 0 Å². The summed E-state index contributed by atoms with van der Waals surface area (Å²) in [5, 5.41) is 27.5. The molecule has 0 aliphatic heterocycles. The zero-order valence-corrected chi connectivity index (χ0v) is 14.7. The average Bonchev–Trinajstić information content (AvgIpc) is 2.53. The molecule has 0 aliphatic rings. The average molecular weight is 332 g/mol. The van der Waals surface area contributed by atoms with Gasteiger partial charge in [0.25, 0.3) is 0 Å². The summed E-state index contributed by atoms with van der Waals surface area (Å²) < 4.78 is 0. The first-order valence-electron chi connectivity index (χ1n) is 9.31. The van der Waals surface area contributed by atoms with Crippen LogP contribution in [0.1, 0.15) is 96.8 Å². The van der Waals surface area contributed by atoms with E-state index in [0.717, 1.165) is 44.9 Å². The number of carbonyl (C=O) groups is 1. The Morgan fingerprint density at radius 2 is 1.39 bits per heavy atom. The fourth-order valence-electron chi connectivity index (χ4n) is 2.79. The van der Waals surface area contributed by atoms with Crippen molar-refractivity contribution in [2.45, 2.75) is 109 Å². The van der Waals surface area contributed by atoms with E-state index in [1.807, 2.05) is 0 Å². The van der Waals surface area contributed by atoms with Gasteiger partial charge in [-0.2, -0.15) is 0 Å². The maximum absolute atomic E-state index is 10.4. The summed E-state index contributed by atoms with van der Waals surface area (Å²) in [6, 6.07) is 0. The van der Waals surface area contributed by atoms with Gasteiger partial charge >= 0.3 is 5.97 Å². The van der Waals surface area contributed by atoms with Crippen molar-refractivity contribution in [3.63, 3.8) is 0 Å². The molecule has 0 aliphatic carbocycles. The molecule has 0 fully saturated rings. The predicted octanol–water partition coefficient (Wildman–Crippen LogP) is 4.77. The van der Waals surface area contributed by atoms with Crippen LogP contribution in [0, 0.1) is 0 Å². The molecular weight excluding hydrogens is 296 g/mol. The molecular formula is C18H36O5. The van der Waals surface area contributed by atoms with Crippen molar-refractivity contribution in [1.29, 1.82) is 0 Å². The Morgan fingerprint density at radius 3 is 1.96 bits per heavy atom. The second-order valence-electron chi connectivity index (χ2n) is 6.47. The van der Waals surface area contributed by atoms with Gasteiger partial charge in [-0.05, 0) is 19.3 Å². The topological polar surface area (TPSA) is 87.0 Å². The van der Waals surface area contributed by atoms with Gasteiger partial charge in [-0.1, -0.05) is 71.1 Å². The van der Waals surface area contributed by atoms with Crippen LogP contribution < -0.4 is 0 Å². The van der Waals surface area contributed by atoms with Crippen molar-refractivity contribution in [3.05, 3.63) is 0 Å². The van der Waals surface area contributed by atoms with Crippen molar-refractivity contribution >= 4 is 5.97 Å². The van der Waals surface area contributed by atoms with Crippen molar-refractivity contribution < 1.29 is 25.2 Å². The minimum atomic E-state index is -0.739. The monoisotopic (exact) mass is 332 g/mol. The molecule has 2 unspecified atom stereocenters. The van der Waals surface area contributed by atoms with Crippen LogP contribution in [0.3, 0.4) is 0 Å². The zero-order chi connectivity index (χ0) is 17.3. The van der Waals surface area contributed by atoms with Crippen LogP contribution in [0.15, 0.2) is 0 Å². The Hall–Kier alpha value is -0.650. The molecule has 0 bridgehead atoms. The summed E-state index contributed by atoms with van der Waals surface area (Å²) in [5.74, 6) is -0.739. The maximum Gasteiger partial charge on any atom is 0.303 e. The smallest absolute Gasteiger partial charge is 0.303 e. The minimum Gasteiger partial charge on any atom is -0.481 e. The quantitative estimate of drug-likeness (QED) is 0.203. The van der Waals surface area contributed by atoms with Crippen molar-refractivity contribution in [2.75, 3.05) is 0 Å². The number of aliphatic hydroxyl groups is 1. The Labute approximate surface area is 141 Å². The summed E-state index contributed by atoms with van der Waals surface area (Å²) >= 11 is 0. The van der Waals surface area contributed by atoms with Gasteiger partial charge < -0.3 is 10.2 Å². The largest absolute Gasteiger partial charge is 0.481 e. The SMILES string of the molecule is CCCCCCCCC(O)C(CCCCCCCC(=O)O)OO. The maximum atomic E-state index is 10.4. The number of carboxylic acids is 1. The van der Waals surface area contributed by atoms with E-state index in [1.165, 1.54) is 25.7 Å². The van der Waals surface area contributed by atoms with Gasteiger partial charge in [0.1, 0.15) is 6.10 Å². The Kier molecular flexibility index (Phi) is 15.8. The lowest BCUT2D eigenvalue weighted by Crippen LogP contribution is -2.28. The van der Waals surface area contributed by atoms with E-state index in [1.54, 1.807) is 0 Å². The Morgan fingerprint density at radius 1 is 0.870 bits per heavy atom. The highest BCUT2D eigenvalue weighted by Crippen LogP contribution is 2.17. The zero-order valence-electron chi connectivity index (χ0n) is 14.7. The molecule has 0 aromatic heterocycles. The molecule has 0 aromatic carbocycles. The number of hydrogen-bond acceptors (Lipinski definition) is 4. The van der Waals surface area contributed by atoms with E-state index >= 15 is 0 Å². The first kappa shape index (κ1) is 22.4. The van der Waals surface area contributed by atoms with Gasteiger partial charge in [0.15, 0.2) is 0 Å². The molecule has 0 radical (unpaired) electrons. The number of aliphatic carboxylic acids is 1. The summed E-state index contributed by atoms with van der Waals surface area (Å²) in [4.78, 5) is 14.8. The lowest BCUT2D eigenvalue weighted by molar-refractivity contribution is -0.298. The molecule has 0 saturated carbocycles. The third kappa shape index (κ3) is 14.7. The van der Waals surface area contributed by atoms with Gasteiger partial charge in [-0.25, -0.2) is 4.89 Å². The predicted molar refractivity (Wildman–Crippen MR) is 91.5 cm³/mol. The highest BCUT2D eigenvalue weighted by molar-refractivity contribution is 5.66. The molecule has 0 spiro atoms. The summed E-state index contributed by atoms with van der Waals surface area (Å²) in [7, 11) is 0. The van der Waals surface area contributed by atoms with Crippen LogP contribution in [0.25, 0.3) is 0 Å². The van der Waals surface area contributed by atoms with Crippen LogP contribution in [-0.2, 0) is 9.68 Å². The molecule has 23 heavy (non-hydrogen) atoms. The van der Waals surface area contributed by atoms with E-state index < -0.39 is 18.2 Å².